The number of ether oxygens (including phenoxy) is 1. The van der Waals surface area contributed by atoms with E-state index in [1.165, 1.54) is 17.3 Å². The quantitative estimate of drug-likeness (QED) is 0.617. The van der Waals surface area contributed by atoms with Crippen LogP contribution in [-0.4, -0.2) is 66.7 Å². The molecule has 156 valence electrons. The zero-order valence-corrected chi connectivity index (χ0v) is 17.2. The van der Waals surface area contributed by atoms with E-state index in [1.807, 2.05) is 19.2 Å². The summed E-state index contributed by atoms with van der Waals surface area (Å²) in [5.41, 5.74) is 1.95. The minimum atomic E-state index is -1.00. The van der Waals surface area contributed by atoms with E-state index in [2.05, 4.69) is 44.9 Å². The smallest absolute Gasteiger partial charge is 0.159 e. The molecule has 9 heteroatoms. The minimum Gasteiger partial charge on any atom is -0.388 e. The predicted molar refractivity (Wildman–Crippen MR) is 112 cm³/mol. The van der Waals surface area contributed by atoms with Crippen molar-refractivity contribution < 1.29 is 14.9 Å². The van der Waals surface area contributed by atoms with Gasteiger partial charge in [-0.1, -0.05) is 47.3 Å². The van der Waals surface area contributed by atoms with E-state index in [1.54, 1.807) is 4.68 Å². The molecule has 1 aromatic carbocycles. The zero-order chi connectivity index (χ0) is 20.2. The summed E-state index contributed by atoms with van der Waals surface area (Å²) in [6.07, 6.45) is 2.24. The Bertz CT molecular complexity index is 831. The van der Waals surface area contributed by atoms with Crippen molar-refractivity contribution in [3.05, 3.63) is 47.8 Å². The molecule has 2 aliphatic heterocycles. The molecule has 29 heavy (non-hydrogen) atoms. The van der Waals surface area contributed by atoms with Gasteiger partial charge in [-0.25, -0.2) is 4.68 Å². The third kappa shape index (κ3) is 4.80. The number of aliphatic hydroxyl groups is 2. The van der Waals surface area contributed by atoms with Crippen LogP contribution in [-0.2, 0) is 24.1 Å². The number of benzene rings is 1. The third-order valence-corrected chi connectivity index (χ3v) is 6.32. The van der Waals surface area contributed by atoms with Crippen LogP contribution < -0.4 is 5.32 Å². The van der Waals surface area contributed by atoms with Crippen molar-refractivity contribution in [3.8, 4) is 0 Å². The van der Waals surface area contributed by atoms with Crippen LogP contribution in [0.3, 0.4) is 0 Å². The number of hydrogen-bond donors (Lipinski definition) is 3. The van der Waals surface area contributed by atoms with Crippen LogP contribution in [0.5, 0.6) is 0 Å². The van der Waals surface area contributed by atoms with E-state index in [4.69, 9.17) is 4.74 Å². The van der Waals surface area contributed by atoms with Gasteiger partial charge >= 0.3 is 0 Å². The highest BCUT2D eigenvalue weighted by molar-refractivity contribution is 8.14. The van der Waals surface area contributed by atoms with Crippen LogP contribution in [0.4, 0.5) is 0 Å². The number of nitrogens with one attached hydrogen (secondary N) is 1. The minimum absolute atomic E-state index is 0.280. The summed E-state index contributed by atoms with van der Waals surface area (Å²) < 4.78 is 7.73. The van der Waals surface area contributed by atoms with Crippen molar-refractivity contribution >= 4 is 16.9 Å². The highest BCUT2D eigenvalue weighted by Crippen LogP contribution is 2.34. The number of nitrogens with zero attached hydrogens (tertiary/aromatic N) is 4. The van der Waals surface area contributed by atoms with Gasteiger partial charge in [-0.05, 0) is 31.7 Å². The van der Waals surface area contributed by atoms with Crippen molar-refractivity contribution in [3.63, 3.8) is 0 Å². The summed E-state index contributed by atoms with van der Waals surface area (Å²) in [4.78, 5) is 4.34. The van der Waals surface area contributed by atoms with Crippen LogP contribution >= 0.6 is 11.8 Å². The molecule has 3 heterocycles. The monoisotopic (exact) mass is 417 g/mol. The molecule has 2 fully saturated rings. The summed E-state index contributed by atoms with van der Waals surface area (Å²) >= 11 is 1.45. The van der Waals surface area contributed by atoms with Crippen LogP contribution in [0.1, 0.15) is 24.6 Å². The third-order valence-electron chi connectivity index (χ3n) is 5.21. The topological polar surface area (TPSA) is 105 Å². The first kappa shape index (κ1) is 20.3. The summed E-state index contributed by atoms with van der Waals surface area (Å²) in [5, 5.41) is 33.3. The summed E-state index contributed by atoms with van der Waals surface area (Å²) in [5.74, 6) is 0. The maximum atomic E-state index is 10.5. The molecule has 8 nitrogen and oxygen atoms in total. The molecule has 5 unspecified atom stereocenters. The number of thioether (sulfide) groups is 1. The van der Waals surface area contributed by atoms with Crippen molar-refractivity contribution in [2.24, 2.45) is 4.99 Å². The molecular weight excluding hydrogens is 390 g/mol. The van der Waals surface area contributed by atoms with Gasteiger partial charge in [0.25, 0.3) is 0 Å². The van der Waals surface area contributed by atoms with Gasteiger partial charge in [-0.2, -0.15) is 0 Å². The van der Waals surface area contributed by atoms with E-state index in [-0.39, 0.29) is 11.5 Å². The summed E-state index contributed by atoms with van der Waals surface area (Å²) in [6.45, 7) is 2.95. The van der Waals surface area contributed by atoms with Crippen LogP contribution in [0.2, 0.25) is 0 Å². The Morgan fingerprint density at radius 3 is 2.83 bits per heavy atom. The fourth-order valence-corrected chi connectivity index (χ4v) is 4.90. The normalized spacial score (nSPS) is 30.3. The van der Waals surface area contributed by atoms with Crippen molar-refractivity contribution in [2.45, 2.75) is 62.5 Å². The zero-order valence-electron chi connectivity index (χ0n) is 16.4. The standard InChI is InChI=1S/C20H27N5O3S/c1-2-21-20-22-16-18(27)17(26)15(28-19(16)29-20)12-25-11-14(23-24-25)10-6-9-13-7-4-3-5-8-13/h3-5,7-8,11,15-19,26-27H,2,6,9-10,12H2,1H3,(H,21,22). The molecule has 0 amide bonds. The van der Waals surface area contributed by atoms with E-state index in [9.17, 15) is 10.2 Å². The highest BCUT2D eigenvalue weighted by Gasteiger charge is 2.49. The Hall–Kier alpha value is -1.94. The van der Waals surface area contributed by atoms with E-state index in [0.29, 0.717) is 13.1 Å². The van der Waals surface area contributed by atoms with Gasteiger partial charge in [0, 0.05) is 12.7 Å². The first-order valence-electron chi connectivity index (χ1n) is 10.1. The van der Waals surface area contributed by atoms with Crippen LogP contribution in [0.25, 0.3) is 0 Å². The molecule has 0 spiro atoms. The van der Waals surface area contributed by atoms with Crippen molar-refractivity contribution in [2.75, 3.05) is 6.54 Å². The molecule has 1 aromatic heterocycles. The Balaban J connectivity index is 1.32. The van der Waals surface area contributed by atoms with Gasteiger partial charge in [-0.15, -0.1) is 5.10 Å². The molecule has 0 aliphatic carbocycles. The fraction of sp³-hybridized carbons (Fsp3) is 0.550. The lowest BCUT2D eigenvalue weighted by atomic mass is 9.98. The second-order valence-electron chi connectivity index (χ2n) is 7.36. The van der Waals surface area contributed by atoms with Gasteiger partial charge in [0.2, 0.25) is 0 Å². The Labute approximate surface area is 174 Å². The fourth-order valence-electron chi connectivity index (χ4n) is 3.69. The SMILES string of the molecule is CCN=C1NC2C(OC(Cn3cc(CCCc4ccccc4)nn3)C(O)C2O)S1. The Kier molecular flexibility index (Phi) is 6.49. The predicted octanol–water partition coefficient (Wildman–Crippen LogP) is 0.981. The number of rotatable bonds is 7. The van der Waals surface area contributed by atoms with Crippen molar-refractivity contribution in [1.29, 1.82) is 0 Å². The second-order valence-corrected chi connectivity index (χ2v) is 8.45. The maximum absolute atomic E-state index is 10.5. The molecule has 2 aromatic rings. The average Bonchev–Trinajstić information content (AvgIpc) is 3.34. The van der Waals surface area contributed by atoms with Crippen LogP contribution in [0, 0.1) is 0 Å². The van der Waals surface area contributed by atoms with Gasteiger partial charge < -0.3 is 20.3 Å². The molecule has 2 aliphatic rings. The number of aryl methyl sites for hydroxylation is 2. The molecule has 3 N–H and O–H groups in total. The number of hydrogen-bond acceptors (Lipinski definition) is 7. The molecule has 0 bridgehead atoms. The van der Waals surface area contributed by atoms with Gasteiger partial charge in [0.05, 0.1) is 18.3 Å². The highest BCUT2D eigenvalue weighted by atomic mass is 32.2. The lowest BCUT2D eigenvalue weighted by Crippen LogP contribution is -2.59. The van der Waals surface area contributed by atoms with Crippen molar-refractivity contribution in [1.82, 2.24) is 20.3 Å². The van der Waals surface area contributed by atoms with E-state index in [0.717, 1.165) is 30.1 Å². The van der Waals surface area contributed by atoms with E-state index >= 15 is 0 Å². The number of amidine groups is 1. The van der Waals surface area contributed by atoms with Gasteiger partial charge in [-0.3, -0.25) is 4.99 Å². The molecule has 2 saturated heterocycles. The molecule has 0 saturated carbocycles. The number of aliphatic hydroxyl groups excluding tert-OH is 2. The number of fused-ring (bicyclic) bond motifs is 1. The number of aromatic nitrogens is 3. The molecule has 0 radical (unpaired) electrons. The lowest BCUT2D eigenvalue weighted by molar-refractivity contribution is -0.160. The molecular formula is C20H27N5O3S. The first-order valence-corrected chi connectivity index (χ1v) is 10.9. The van der Waals surface area contributed by atoms with E-state index < -0.39 is 18.3 Å². The largest absolute Gasteiger partial charge is 0.388 e. The van der Waals surface area contributed by atoms with Crippen LogP contribution in [0.15, 0.2) is 41.5 Å². The Morgan fingerprint density at radius 1 is 1.21 bits per heavy atom. The van der Waals surface area contributed by atoms with Gasteiger partial charge in [0.15, 0.2) is 5.17 Å². The first-order chi connectivity index (χ1) is 14.1. The molecule has 4 rings (SSSR count). The van der Waals surface area contributed by atoms with Gasteiger partial charge in [0.1, 0.15) is 23.7 Å². The Morgan fingerprint density at radius 2 is 2.03 bits per heavy atom. The number of aliphatic imine (C=N–C) groups is 1. The summed E-state index contributed by atoms with van der Waals surface area (Å²) in [6, 6.07) is 10.0. The lowest BCUT2D eigenvalue weighted by Gasteiger charge is -2.38. The summed E-state index contributed by atoms with van der Waals surface area (Å²) in [7, 11) is 0. The second kappa shape index (κ2) is 9.25. The average molecular weight is 418 g/mol. The molecule has 5 atom stereocenters. The maximum Gasteiger partial charge on any atom is 0.159 e.